The number of nitrogens with two attached hydrogens (primary N) is 1. The molecule has 0 saturated carbocycles. The first-order valence-electron chi connectivity index (χ1n) is 5.19. The van der Waals surface area contributed by atoms with Crippen LogP contribution in [-0.2, 0) is 11.2 Å². The molecule has 3 nitrogen and oxygen atoms in total. The molecule has 0 aliphatic heterocycles. The summed E-state index contributed by atoms with van der Waals surface area (Å²) in [7, 11) is 1.69. The molecule has 0 aliphatic rings. The van der Waals surface area contributed by atoms with Crippen LogP contribution in [0.4, 0.5) is 0 Å². The van der Waals surface area contributed by atoms with Crippen LogP contribution < -0.4 is 11.3 Å². The van der Waals surface area contributed by atoms with Gasteiger partial charge in [0.05, 0.1) is 6.61 Å². The van der Waals surface area contributed by atoms with Crippen molar-refractivity contribution in [1.29, 1.82) is 0 Å². The minimum absolute atomic E-state index is 0.176. The highest BCUT2D eigenvalue weighted by molar-refractivity contribution is 5.34. The summed E-state index contributed by atoms with van der Waals surface area (Å²) in [6.45, 7) is 4.88. The van der Waals surface area contributed by atoms with E-state index in [2.05, 4.69) is 37.5 Å². The Labute approximate surface area is 91.6 Å². The van der Waals surface area contributed by atoms with E-state index in [0.29, 0.717) is 6.61 Å². The normalized spacial score (nSPS) is 12.8. The van der Waals surface area contributed by atoms with Crippen molar-refractivity contribution in [1.82, 2.24) is 5.43 Å². The van der Waals surface area contributed by atoms with Crippen LogP contribution in [0.1, 0.15) is 16.7 Å². The van der Waals surface area contributed by atoms with E-state index in [4.69, 9.17) is 10.6 Å². The molecule has 0 spiro atoms. The van der Waals surface area contributed by atoms with Gasteiger partial charge in [-0.05, 0) is 37.0 Å². The Bertz CT molecular complexity index is 292. The largest absolute Gasteiger partial charge is 0.383 e. The van der Waals surface area contributed by atoms with Crippen LogP contribution in [0.25, 0.3) is 0 Å². The van der Waals surface area contributed by atoms with Crippen LogP contribution in [0.2, 0.25) is 0 Å². The zero-order chi connectivity index (χ0) is 11.3. The molecular formula is C12H20N2O. The lowest BCUT2D eigenvalue weighted by Gasteiger charge is -2.17. The smallest absolute Gasteiger partial charge is 0.0632 e. The SMILES string of the molecule is COCC(Cc1c(C)cccc1C)NN. The Morgan fingerprint density at radius 3 is 2.40 bits per heavy atom. The zero-order valence-electron chi connectivity index (χ0n) is 9.71. The summed E-state index contributed by atoms with van der Waals surface area (Å²) in [5.74, 6) is 5.48. The van der Waals surface area contributed by atoms with Crippen molar-refractivity contribution in [3.8, 4) is 0 Å². The summed E-state index contributed by atoms with van der Waals surface area (Å²) in [6.07, 6.45) is 0.906. The third kappa shape index (κ3) is 3.30. The molecule has 0 aliphatic carbocycles. The molecule has 15 heavy (non-hydrogen) atoms. The van der Waals surface area contributed by atoms with Crippen molar-refractivity contribution < 1.29 is 4.74 Å². The van der Waals surface area contributed by atoms with Crippen molar-refractivity contribution in [3.63, 3.8) is 0 Å². The van der Waals surface area contributed by atoms with E-state index in [9.17, 15) is 0 Å². The number of hydrogen-bond acceptors (Lipinski definition) is 3. The van der Waals surface area contributed by atoms with Crippen molar-refractivity contribution >= 4 is 0 Å². The lowest BCUT2D eigenvalue weighted by atomic mass is 9.97. The molecule has 0 aromatic heterocycles. The summed E-state index contributed by atoms with van der Waals surface area (Å²) in [4.78, 5) is 0. The van der Waals surface area contributed by atoms with Crippen molar-refractivity contribution in [3.05, 3.63) is 34.9 Å². The van der Waals surface area contributed by atoms with Gasteiger partial charge in [0.15, 0.2) is 0 Å². The standard InChI is InChI=1S/C12H20N2O/c1-9-5-4-6-10(2)12(9)7-11(14-13)8-15-3/h4-6,11,14H,7-8,13H2,1-3H3. The van der Waals surface area contributed by atoms with Gasteiger partial charge < -0.3 is 4.74 Å². The van der Waals surface area contributed by atoms with Crippen LogP contribution >= 0.6 is 0 Å². The number of hydrogen-bond donors (Lipinski definition) is 2. The maximum absolute atomic E-state index is 5.48. The maximum atomic E-state index is 5.48. The summed E-state index contributed by atoms with van der Waals surface area (Å²) >= 11 is 0. The number of methoxy groups -OCH3 is 1. The van der Waals surface area contributed by atoms with E-state index in [-0.39, 0.29) is 6.04 Å². The molecule has 0 radical (unpaired) electrons. The Hall–Kier alpha value is -0.900. The predicted molar refractivity (Wildman–Crippen MR) is 62.6 cm³/mol. The maximum Gasteiger partial charge on any atom is 0.0632 e. The predicted octanol–water partition coefficient (Wildman–Crippen LogP) is 1.32. The molecule has 1 atom stereocenters. The zero-order valence-corrected chi connectivity index (χ0v) is 9.71. The topological polar surface area (TPSA) is 47.3 Å². The molecule has 1 rings (SSSR count). The molecule has 0 saturated heterocycles. The first-order valence-corrected chi connectivity index (χ1v) is 5.19. The number of rotatable bonds is 5. The summed E-state index contributed by atoms with van der Waals surface area (Å²) < 4.78 is 5.10. The first kappa shape index (κ1) is 12.2. The fourth-order valence-electron chi connectivity index (χ4n) is 1.78. The van der Waals surface area contributed by atoms with E-state index in [0.717, 1.165) is 6.42 Å². The van der Waals surface area contributed by atoms with Gasteiger partial charge in [0.25, 0.3) is 0 Å². The second-order valence-corrected chi connectivity index (χ2v) is 3.89. The number of aryl methyl sites for hydroxylation is 2. The second-order valence-electron chi connectivity index (χ2n) is 3.89. The third-order valence-corrected chi connectivity index (χ3v) is 2.70. The van der Waals surface area contributed by atoms with Crippen molar-refractivity contribution in [2.75, 3.05) is 13.7 Å². The molecule has 0 fully saturated rings. The fourth-order valence-corrected chi connectivity index (χ4v) is 1.78. The van der Waals surface area contributed by atoms with E-state index < -0.39 is 0 Å². The summed E-state index contributed by atoms with van der Waals surface area (Å²) in [5.41, 5.74) is 6.76. The molecule has 1 aromatic carbocycles. The summed E-state index contributed by atoms with van der Waals surface area (Å²) in [6, 6.07) is 6.51. The van der Waals surface area contributed by atoms with Gasteiger partial charge in [-0.1, -0.05) is 18.2 Å². The molecule has 0 amide bonds. The number of nitrogens with one attached hydrogen (secondary N) is 1. The van der Waals surface area contributed by atoms with E-state index in [1.807, 2.05) is 0 Å². The second kappa shape index (κ2) is 5.85. The van der Waals surface area contributed by atoms with Crippen LogP contribution in [0.3, 0.4) is 0 Å². The van der Waals surface area contributed by atoms with E-state index in [1.54, 1.807) is 7.11 Å². The van der Waals surface area contributed by atoms with Gasteiger partial charge in [-0.2, -0.15) is 0 Å². The van der Waals surface area contributed by atoms with Crippen LogP contribution in [0, 0.1) is 13.8 Å². The van der Waals surface area contributed by atoms with Gasteiger partial charge in [-0.15, -0.1) is 0 Å². The highest BCUT2D eigenvalue weighted by Crippen LogP contribution is 2.15. The fraction of sp³-hybridized carbons (Fsp3) is 0.500. The molecular weight excluding hydrogens is 188 g/mol. The Balaban J connectivity index is 2.78. The lowest BCUT2D eigenvalue weighted by molar-refractivity contribution is 0.166. The lowest BCUT2D eigenvalue weighted by Crippen LogP contribution is -2.40. The average molecular weight is 208 g/mol. The van der Waals surface area contributed by atoms with Crippen molar-refractivity contribution in [2.24, 2.45) is 5.84 Å². The van der Waals surface area contributed by atoms with Crippen LogP contribution in [0.5, 0.6) is 0 Å². The van der Waals surface area contributed by atoms with Gasteiger partial charge in [0.1, 0.15) is 0 Å². The van der Waals surface area contributed by atoms with Crippen LogP contribution in [-0.4, -0.2) is 19.8 Å². The minimum Gasteiger partial charge on any atom is -0.383 e. The monoisotopic (exact) mass is 208 g/mol. The molecule has 1 unspecified atom stereocenters. The Morgan fingerprint density at radius 2 is 1.93 bits per heavy atom. The van der Waals surface area contributed by atoms with E-state index >= 15 is 0 Å². The molecule has 0 bridgehead atoms. The Morgan fingerprint density at radius 1 is 1.33 bits per heavy atom. The molecule has 84 valence electrons. The minimum atomic E-state index is 0.176. The van der Waals surface area contributed by atoms with E-state index in [1.165, 1.54) is 16.7 Å². The van der Waals surface area contributed by atoms with Crippen molar-refractivity contribution in [2.45, 2.75) is 26.3 Å². The average Bonchev–Trinajstić information content (AvgIpc) is 2.22. The van der Waals surface area contributed by atoms with Gasteiger partial charge in [-0.25, -0.2) is 0 Å². The van der Waals surface area contributed by atoms with Gasteiger partial charge in [-0.3, -0.25) is 11.3 Å². The highest BCUT2D eigenvalue weighted by atomic mass is 16.5. The Kier molecular flexibility index (Phi) is 4.75. The quantitative estimate of drug-likeness (QED) is 0.567. The number of hydrazine groups is 1. The van der Waals surface area contributed by atoms with Crippen LogP contribution in [0.15, 0.2) is 18.2 Å². The first-order chi connectivity index (χ1) is 7.19. The molecule has 3 heteroatoms. The molecule has 1 aromatic rings. The molecule has 3 N–H and O–H groups in total. The number of ether oxygens (including phenoxy) is 1. The number of benzene rings is 1. The highest BCUT2D eigenvalue weighted by Gasteiger charge is 2.10. The molecule has 0 heterocycles. The van der Waals surface area contributed by atoms with Gasteiger partial charge >= 0.3 is 0 Å². The summed E-state index contributed by atoms with van der Waals surface area (Å²) in [5, 5.41) is 0. The third-order valence-electron chi connectivity index (χ3n) is 2.70. The van der Waals surface area contributed by atoms with Gasteiger partial charge in [0, 0.05) is 13.2 Å². The van der Waals surface area contributed by atoms with Gasteiger partial charge in [0.2, 0.25) is 0 Å².